The predicted octanol–water partition coefficient (Wildman–Crippen LogP) is 5.67. The van der Waals surface area contributed by atoms with Gasteiger partial charge in [-0.05, 0) is 25.7 Å². The molecule has 0 aromatic rings. The van der Waals surface area contributed by atoms with Gasteiger partial charge in [-0.1, -0.05) is 65.2 Å². The highest BCUT2D eigenvalue weighted by Crippen LogP contribution is 2.08. The van der Waals surface area contributed by atoms with Crippen LogP contribution in [0.15, 0.2) is 0 Å². The Morgan fingerprint density at radius 2 is 0.808 bits per heavy atom. The van der Waals surface area contributed by atoms with Gasteiger partial charge in [-0.3, -0.25) is 0 Å². The van der Waals surface area contributed by atoms with E-state index in [2.05, 4.69) is 13.8 Å². The van der Waals surface area contributed by atoms with Gasteiger partial charge in [-0.15, -0.1) is 0 Å². The number of hydrogen-bond donors (Lipinski definition) is 2. The van der Waals surface area contributed by atoms with Crippen LogP contribution in [0.3, 0.4) is 0 Å². The summed E-state index contributed by atoms with van der Waals surface area (Å²) in [7, 11) is 0. The Balaban J connectivity index is 3.82. The van der Waals surface area contributed by atoms with Crippen molar-refractivity contribution in [2.24, 2.45) is 0 Å². The summed E-state index contributed by atoms with van der Waals surface area (Å²) in [6.45, 7) is 6.71. The van der Waals surface area contributed by atoms with Gasteiger partial charge in [-0.2, -0.15) is 0 Å². The van der Waals surface area contributed by atoms with Crippen LogP contribution in [0.5, 0.6) is 0 Å². The first-order chi connectivity index (χ1) is 12.5. The molecule has 0 saturated carbocycles. The molecule has 0 bridgehead atoms. The molecule has 2 N–H and O–H groups in total. The SMILES string of the molecule is CCCCCCN(CCCCCCN(CCCCCC)C(=O)O)C(=O)O. The molecule has 154 valence electrons. The van der Waals surface area contributed by atoms with Crippen LogP contribution < -0.4 is 0 Å². The number of hydrogen-bond acceptors (Lipinski definition) is 2. The minimum Gasteiger partial charge on any atom is -0.465 e. The van der Waals surface area contributed by atoms with Crippen molar-refractivity contribution in [3.05, 3.63) is 0 Å². The topological polar surface area (TPSA) is 81.1 Å². The zero-order valence-corrected chi connectivity index (χ0v) is 16.9. The molecular formula is C20H40N2O4. The first-order valence-corrected chi connectivity index (χ1v) is 10.5. The normalized spacial score (nSPS) is 10.7. The van der Waals surface area contributed by atoms with E-state index in [-0.39, 0.29) is 0 Å². The molecular weight excluding hydrogens is 332 g/mol. The highest BCUT2D eigenvalue weighted by molar-refractivity contribution is 5.65. The molecule has 0 saturated heterocycles. The van der Waals surface area contributed by atoms with E-state index in [1.807, 2.05) is 0 Å². The molecule has 6 heteroatoms. The van der Waals surface area contributed by atoms with Crippen molar-refractivity contribution in [2.45, 2.75) is 90.9 Å². The Bertz CT molecular complexity index is 330. The van der Waals surface area contributed by atoms with Gasteiger partial charge >= 0.3 is 12.2 Å². The van der Waals surface area contributed by atoms with Crippen LogP contribution in [0.1, 0.15) is 90.9 Å². The quantitative estimate of drug-likeness (QED) is 0.322. The van der Waals surface area contributed by atoms with Gasteiger partial charge in [-0.25, -0.2) is 9.59 Å². The summed E-state index contributed by atoms with van der Waals surface area (Å²) in [5, 5.41) is 18.5. The third-order valence-electron chi connectivity index (χ3n) is 4.71. The average Bonchev–Trinajstić information content (AvgIpc) is 2.60. The summed E-state index contributed by atoms with van der Waals surface area (Å²) < 4.78 is 0. The summed E-state index contributed by atoms with van der Waals surface area (Å²) in [5.41, 5.74) is 0. The maximum atomic E-state index is 11.2. The Labute approximate surface area is 159 Å². The Hall–Kier alpha value is -1.46. The van der Waals surface area contributed by atoms with E-state index in [9.17, 15) is 19.8 Å². The van der Waals surface area contributed by atoms with Crippen molar-refractivity contribution < 1.29 is 19.8 Å². The van der Waals surface area contributed by atoms with Crippen LogP contribution in [0.4, 0.5) is 9.59 Å². The van der Waals surface area contributed by atoms with Crippen molar-refractivity contribution in [3.8, 4) is 0 Å². The van der Waals surface area contributed by atoms with Crippen LogP contribution in [0.25, 0.3) is 0 Å². The zero-order chi connectivity index (χ0) is 19.6. The van der Waals surface area contributed by atoms with E-state index in [1.54, 1.807) is 0 Å². The molecule has 0 aliphatic heterocycles. The van der Waals surface area contributed by atoms with E-state index in [1.165, 1.54) is 9.80 Å². The number of amides is 2. The van der Waals surface area contributed by atoms with Gasteiger partial charge in [0.25, 0.3) is 0 Å². The minimum atomic E-state index is -0.828. The molecule has 26 heavy (non-hydrogen) atoms. The van der Waals surface area contributed by atoms with Crippen LogP contribution in [0, 0.1) is 0 Å². The summed E-state index contributed by atoms with van der Waals surface area (Å²) in [4.78, 5) is 25.5. The monoisotopic (exact) mass is 372 g/mol. The minimum absolute atomic E-state index is 0.584. The number of rotatable bonds is 17. The fourth-order valence-corrected chi connectivity index (χ4v) is 3.02. The summed E-state index contributed by atoms with van der Waals surface area (Å²) in [6.07, 6.45) is 10.6. The van der Waals surface area contributed by atoms with Crippen molar-refractivity contribution in [1.82, 2.24) is 9.80 Å². The predicted molar refractivity (Wildman–Crippen MR) is 106 cm³/mol. The van der Waals surface area contributed by atoms with Crippen LogP contribution in [-0.2, 0) is 0 Å². The molecule has 0 spiro atoms. The number of unbranched alkanes of at least 4 members (excludes halogenated alkanes) is 9. The Kier molecular flexibility index (Phi) is 16.0. The van der Waals surface area contributed by atoms with Crippen molar-refractivity contribution in [2.75, 3.05) is 26.2 Å². The fraction of sp³-hybridized carbons (Fsp3) is 0.900. The molecule has 0 aliphatic rings. The first-order valence-electron chi connectivity index (χ1n) is 10.5. The Morgan fingerprint density at radius 3 is 1.04 bits per heavy atom. The molecule has 2 amide bonds. The van der Waals surface area contributed by atoms with E-state index < -0.39 is 12.2 Å². The van der Waals surface area contributed by atoms with Crippen molar-refractivity contribution in [3.63, 3.8) is 0 Å². The lowest BCUT2D eigenvalue weighted by atomic mass is 10.1. The molecule has 6 nitrogen and oxygen atoms in total. The molecule has 0 unspecified atom stereocenters. The van der Waals surface area contributed by atoms with E-state index in [4.69, 9.17) is 0 Å². The molecule has 0 aliphatic carbocycles. The second kappa shape index (κ2) is 17.0. The number of carbonyl (C=O) groups is 2. The number of carboxylic acid groups (broad SMARTS) is 2. The largest absolute Gasteiger partial charge is 0.465 e. The molecule has 0 radical (unpaired) electrons. The number of nitrogens with zero attached hydrogens (tertiary/aromatic N) is 2. The molecule has 0 rings (SSSR count). The first kappa shape index (κ1) is 24.5. The zero-order valence-electron chi connectivity index (χ0n) is 16.9. The standard InChI is InChI=1S/C20H40N2O4/c1-3-5-7-11-15-21(19(23)24)17-13-9-10-14-18-22(20(25)26)16-12-8-6-4-2/h3-18H2,1-2H3,(H,23,24)(H,25,26). The average molecular weight is 373 g/mol. The van der Waals surface area contributed by atoms with Crippen molar-refractivity contribution >= 4 is 12.2 Å². The fourth-order valence-electron chi connectivity index (χ4n) is 3.02. The lowest BCUT2D eigenvalue weighted by Gasteiger charge is -2.20. The van der Waals surface area contributed by atoms with Gasteiger partial charge in [0.05, 0.1) is 0 Å². The van der Waals surface area contributed by atoms with Crippen LogP contribution in [-0.4, -0.2) is 58.4 Å². The van der Waals surface area contributed by atoms with Crippen LogP contribution >= 0.6 is 0 Å². The second-order valence-corrected chi connectivity index (χ2v) is 7.07. The molecule has 0 fully saturated rings. The molecule has 0 heterocycles. The smallest absolute Gasteiger partial charge is 0.407 e. The summed E-state index contributed by atoms with van der Waals surface area (Å²) >= 11 is 0. The third-order valence-corrected chi connectivity index (χ3v) is 4.71. The summed E-state index contributed by atoms with van der Waals surface area (Å²) in [6, 6.07) is 0. The van der Waals surface area contributed by atoms with Gasteiger partial charge in [0, 0.05) is 26.2 Å². The maximum absolute atomic E-state index is 11.2. The highest BCUT2D eigenvalue weighted by atomic mass is 16.4. The lowest BCUT2D eigenvalue weighted by Crippen LogP contribution is -2.32. The maximum Gasteiger partial charge on any atom is 0.407 e. The highest BCUT2D eigenvalue weighted by Gasteiger charge is 2.12. The van der Waals surface area contributed by atoms with Gasteiger partial charge in [0.15, 0.2) is 0 Å². The molecule has 0 aromatic heterocycles. The second-order valence-electron chi connectivity index (χ2n) is 7.07. The third kappa shape index (κ3) is 13.8. The molecule has 0 aromatic carbocycles. The van der Waals surface area contributed by atoms with E-state index >= 15 is 0 Å². The van der Waals surface area contributed by atoms with Crippen molar-refractivity contribution in [1.29, 1.82) is 0 Å². The van der Waals surface area contributed by atoms with Gasteiger partial charge in [0.1, 0.15) is 0 Å². The Morgan fingerprint density at radius 1 is 0.538 bits per heavy atom. The van der Waals surface area contributed by atoms with Gasteiger partial charge in [0.2, 0.25) is 0 Å². The van der Waals surface area contributed by atoms with E-state index in [0.29, 0.717) is 26.2 Å². The van der Waals surface area contributed by atoms with Crippen LogP contribution in [0.2, 0.25) is 0 Å². The molecule has 0 atom stereocenters. The van der Waals surface area contributed by atoms with E-state index in [0.717, 1.165) is 77.0 Å². The lowest BCUT2D eigenvalue weighted by molar-refractivity contribution is 0.140. The van der Waals surface area contributed by atoms with Gasteiger partial charge < -0.3 is 20.0 Å². The summed E-state index contributed by atoms with van der Waals surface area (Å²) in [5.74, 6) is 0.